The number of nitrogens with zero attached hydrogens (tertiary/aromatic N) is 5. The molecule has 2 aliphatic heterocycles. The average Bonchev–Trinajstić information content (AvgIpc) is 3.46. The summed E-state index contributed by atoms with van der Waals surface area (Å²) >= 11 is 0. The first-order valence-corrected chi connectivity index (χ1v) is 19.2. The fourth-order valence-electron chi connectivity index (χ4n) is 7.33. The quantitative estimate of drug-likeness (QED) is 0.0658. The number of piperazine rings is 1. The van der Waals surface area contributed by atoms with Crippen LogP contribution in [0.25, 0.3) is 10.9 Å². The molecule has 17 heteroatoms. The number of hydrogen-bond donors (Lipinski definition) is 1. The summed E-state index contributed by atoms with van der Waals surface area (Å²) in [7, 11) is -3.43. The van der Waals surface area contributed by atoms with Crippen molar-refractivity contribution in [3.05, 3.63) is 114 Å². The Balaban J connectivity index is 0.00000348. The molecule has 2 saturated heterocycles. The Hall–Kier alpha value is -3.27. The van der Waals surface area contributed by atoms with Crippen molar-refractivity contribution in [2.45, 2.75) is 52.0 Å². The molecular weight excluding hydrogens is 757 g/mol. The molecule has 284 valence electrons. The molecule has 3 heterocycles. The molecule has 6 rings (SSSR count). The Morgan fingerprint density at radius 2 is 1.70 bits per heavy atom. The number of para-hydroxylation sites is 1. The smallest absolute Gasteiger partial charge is 0.780 e. The Kier molecular flexibility index (Phi) is 15.8. The van der Waals surface area contributed by atoms with E-state index in [0.717, 1.165) is 22.0 Å². The van der Waals surface area contributed by atoms with Crippen molar-refractivity contribution in [3.8, 4) is 5.75 Å². The van der Waals surface area contributed by atoms with Crippen LogP contribution in [0.5, 0.6) is 5.75 Å². The number of urea groups is 1. The second-order valence-electron chi connectivity index (χ2n) is 14.0. The molecule has 4 aromatic rings. The zero-order valence-corrected chi connectivity index (χ0v) is 37.3. The molecule has 0 spiro atoms. The first-order chi connectivity index (χ1) is 25.7. The van der Waals surface area contributed by atoms with Crippen LogP contribution in [0.15, 0.2) is 91.6 Å². The van der Waals surface area contributed by atoms with Crippen molar-refractivity contribution in [3.63, 3.8) is 0 Å². The van der Waals surface area contributed by atoms with Gasteiger partial charge < -0.3 is 38.6 Å². The molecule has 1 N–H and O–H groups in total. The number of carbonyl (C=O) groups excluding carboxylic acids is 4. The monoisotopic (exact) mass is 800 g/mol. The van der Waals surface area contributed by atoms with Gasteiger partial charge in [0.15, 0.2) is 5.78 Å². The van der Waals surface area contributed by atoms with Crippen LogP contribution >= 0.6 is 7.82 Å². The number of fused-ring (bicyclic) bond motifs is 2. The number of phosphoric acid groups is 1. The molecule has 3 aromatic carbocycles. The largest absolute Gasteiger partial charge is 1.00 e. The molecule has 2 aliphatic rings. The van der Waals surface area contributed by atoms with Crippen molar-refractivity contribution in [1.29, 1.82) is 0 Å². The van der Waals surface area contributed by atoms with Gasteiger partial charge in [0, 0.05) is 56.7 Å². The SMILES string of the molecule is C=CCN1CC(=O)N2[C@@H](Cc3ccc(OP(=O)([O-])[O-])cc3)C(=O)N(Cc3cccc4c(C(=O)CC(C)C)cn(C)c34)C[C@@H]2N1C(=O)NCc1ccccc1.[Na+].[Na+]. The first kappa shape index (κ1) is 45.4. The van der Waals surface area contributed by atoms with Crippen LogP contribution in [0, 0.1) is 5.92 Å². The molecule has 0 radical (unpaired) electrons. The van der Waals surface area contributed by atoms with E-state index in [9.17, 15) is 33.5 Å². The number of phosphoric ester groups is 1. The van der Waals surface area contributed by atoms with Crippen molar-refractivity contribution in [2.24, 2.45) is 13.0 Å². The second kappa shape index (κ2) is 19.5. The van der Waals surface area contributed by atoms with E-state index in [2.05, 4.69) is 16.4 Å². The number of amides is 4. The van der Waals surface area contributed by atoms with Crippen LogP contribution in [-0.4, -0.2) is 79.9 Å². The molecular formula is C39H43N6Na2O8P. The third kappa shape index (κ3) is 10.4. The fourth-order valence-corrected chi connectivity index (χ4v) is 7.71. The number of rotatable bonds is 13. The number of hydrazine groups is 1. The minimum absolute atomic E-state index is 0. The topological polar surface area (TPSA) is 171 Å². The van der Waals surface area contributed by atoms with Gasteiger partial charge in [-0.2, -0.15) is 0 Å². The van der Waals surface area contributed by atoms with E-state index in [4.69, 9.17) is 0 Å². The maximum Gasteiger partial charge on any atom is 1.00 e. The van der Waals surface area contributed by atoms with Crippen LogP contribution in [0.4, 0.5) is 4.79 Å². The van der Waals surface area contributed by atoms with Gasteiger partial charge in [-0.25, -0.2) is 14.8 Å². The molecule has 0 saturated carbocycles. The third-order valence-corrected chi connectivity index (χ3v) is 10.0. The Bertz CT molecular complexity index is 2110. The number of hydrogen-bond acceptors (Lipinski definition) is 9. The van der Waals surface area contributed by atoms with E-state index in [1.807, 2.05) is 80.2 Å². The molecule has 1 aromatic heterocycles. The summed E-state index contributed by atoms with van der Waals surface area (Å²) in [5, 5.41) is 6.85. The molecule has 2 atom stereocenters. The third-order valence-electron chi connectivity index (χ3n) is 9.57. The van der Waals surface area contributed by atoms with Gasteiger partial charge in [-0.15, -0.1) is 6.58 Å². The summed E-state index contributed by atoms with van der Waals surface area (Å²) in [6, 6.07) is 19.2. The number of nitrogens with one attached hydrogen (secondary N) is 1. The summed E-state index contributed by atoms with van der Waals surface area (Å²) in [4.78, 5) is 81.4. The number of Topliss-reactive ketones (excluding diaryl/α,β-unsaturated/α-hetero) is 1. The number of ketones is 1. The Morgan fingerprint density at radius 1 is 1.00 bits per heavy atom. The van der Waals surface area contributed by atoms with Gasteiger partial charge in [0.1, 0.15) is 25.8 Å². The predicted octanol–water partition coefficient (Wildman–Crippen LogP) is -2.64. The van der Waals surface area contributed by atoms with Crippen LogP contribution in [0.1, 0.15) is 47.3 Å². The summed E-state index contributed by atoms with van der Waals surface area (Å²) in [6.07, 6.45) is 2.93. The van der Waals surface area contributed by atoms with Gasteiger partial charge in [0.25, 0.3) is 0 Å². The van der Waals surface area contributed by atoms with E-state index in [1.165, 1.54) is 34.2 Å². The second-order valence-corrected chi connectivity index (χ2v) is 15.1. The van der Waals surface area contributed by atoms with Gasteiger partial charge in [0.05, 0.1) is 18.6 Å². The molecule has 56 heavy (non-hydrogen) atoms. The van der Waals surface area contributed by atoms with Crippen LogP contribution in [0.3, 0.4) is 0 Å². The van der Waals surface area contributed by atoms with Crippen molar-refractivity contribution in [1.82, 2.24) is 29.7 Å². The maximum atomic E-state index is 14.6. The van der Waals surface area contributed by atoms with E-state index < -0.39 is 26.1 Å². The summed E-state index contributed by atoms with van der Waals surface area (Å²) in [5.41, 5.74) is 3.63. The van der Waals surface area contributed by atoms with E-state index in [-0.39, 0.29) is 128 Å². The summed E-state index contributed by atoms with van der Waals surface area (Å²) in [5.74, 6) is -0.685. The zero-order valence-electron chi connectivity index (χ0n) is 32.4. The fraction of sp³-hybridized carbons (Fsp3) is 0.333. The zero-order chi connectivity index (χ0) is 38.7. The molecule has 0 unspecified atom stereocenters. The minimum atomic E-state index is -5.29. The first-order valence-electron chi connectivity index (χ1n) is 17.7. The Morgan fingerprint density at radius 3 is 2.34 bits per heavy atom. The summed E-state index contributed by atoms with van der Waals surface area (Å²) < 4.78 is 17.6. The number of aromatic nitrogens is 1. The van der Waals surface area contributed by atoms with Gasteiger partial charge in [-0.05, 0) is 34.7 Å². The predicted molar refractivity (Wildman–Crippen MR) is 197 cm³/mol. The normalized spacial score (nSPS) is 17.3. The van der Waals surface area contributed by atoms with Crippen molar-refractivity contribution in [2.75, 3.05) is 19.6 Å². The Labute approximate surface area is 370 Å². The maximum absolute atomic E-state index is 14.6. The average molecular weight is 801 g/mol. The summed E-state index contributed by atoms with van der Waals surface area (Å²) in [6.45, 7) is 8.17. The minimum Gasteiger partial charge on any atom is -0.780 e. The van der Waals surface area contributed by atoms with Crippen molar-refractivity contribution >= 4 is 42.4 Å². The molecule has 4 amide bonds. The van der Waals surface area contributed by atoms with Crippen molar-refractivity contribution < 1.29 is 97.2 Å². The van der Waals surface area contributed by atoms with E-state index >= 15 is 0 Å². The van der Waals surface area contributed by atoms with Crippen LogP contribution in [0.2, 0.25) is 0 Å². The standard InChI is InChI=1S/C39H45N6O8P.2Na/c1-5-18-43-25-36(47)44-33(20-27-14-16-30(17-15-27)53-54(50,51)52)38(48)42(24-35(44)45(43)39(49)40-21-28-10-7-6-8-11-28)22-29-12-9-13-31-32(23-41(4)37(29)31)34(46)19-26(2)3;;/h5-17,23,26,33,35H,1,18-22,24-25H2,2-4H3,(H,40,49)(H2,50,51,52);;/q;2*+1/p-2/t33-,35-;;/m0../s1. The number of benzene rings is 3. The molecule has 2 fully saturated rings. The number of carbonyl (C=O) groups is 4. The van der Waals surface area contributed by atoms with Crippen LogP contribution < -0.4 is 78.7 Å². The molecule has 14 nitrogen and oxygen atoms in total. The molecule has 0 aliphatic carbocycles. The van der Waals surface area contributed by atoms with E-state index in [1.54, 1.807) is 16.0 Å². The van der Waals surface area contributed by atoms with Gasteiger partial charge in [0.2, 0.25) is 11.8 Å². The van der Waals surface area contributed by atoms with Gasteiger partial charge in [-0.1, -0.05) is 80.6 Å². The van der Waals surface area contributed by atoms with Gasteiger partial charge >= 0.3 is 65.1 Å². The molecule has 0 bridgehead atoms. The van der Waals surface area contributed by atoms with Crippen LogP contribution in [-0.2, 0) is 40.7 Å². The number of aryl methyl sites for hydroxylation is 1. The van der Waals surface area contributed by atoms with E-state index in [0.29, 0.717) is 17.5 Å². The van der Waals surface area contributed by atoms with Gasteiger partial charge in [-0.3, -0.25) is 14.4 Å².